The van der Waals surface area contributed by atoms with Crippen LogP contribution in [0.3, 0.4) is 0 Å². The van der Waals surface area contributed by atoms with E-state index < -0.39 is 0 Å². The number of para-hydroxylation sites is 1. The van der Waals surface area contributed by atoms with Crippen molar-refractivity contribution in [1.82, 2.24) is 4.48 Å². The number of rotatable bonds is 0. The minimum absolute atomic E-state index is 0.715. The van der Waals surface area contributed by atoms with Gasteiger partial charge in [0.25, 0.3) is 0 Å². The molecular formula is C13H20N+. The third-order valence-electron chi connectivity index (χ3n) is 3.89. The molecule has 1 aliphatic rings. The molecule has 0 fully saturated rings. The Balaban J connectivity index is 2.57. The van der Waals surface area contributed by atoms with Gasteiger partial charge in [0.1, 0.15) is 5.69 Å². The first-order valence-electron chi connectivity index (χ1n) is 5.46. The summed E-state index contributed by atoms with van der Waals surface area (Å²) in [7, 11) is 4.63. The van der Waals surface area contributed by atoms with Crippen molar-refractivity contribution in [3.8, 4) is 0 Å². The Bertz CT molecular complexity index is 341. The van der Waals surface area contributed by atoms with Gasteiger partial charge in [-0.15, -0.1) is 0 Å². The van der Waals surface area contributed by atoms with Crippen LogP contribution in [0.5, 0.6) is 0 Å². The molecule has 0 bridgehead atoms. The van der Waals surface area contributed by atoms with Gasteiger partial charge in [-0.05, 0) is 18.9 Å². The number of hydrogen-bond donors (Lipinski definition) is 0. The Kier molecular flexibility index (Phi) is 2.15. The van der Waals surface area contributed by atoms with Gasteiger partial charge in [0.2, 0.25) is 0 Å². The first-order chi connectivity index (χ1) is 6.53. The van der Waals surface area contributed by atoms with Crippen molar-refractivity contribution in [1.29, 1.82) is 0 Å². The average molecular weight is 190 g/mol. The molecule has 1 heteroatoms. The van der Waals surface area contributed by atoms with E-state index in [9.17, 15) is 0 Å². The SMILES string of the molecule is C[C@@H]1C[C@H](C)c2ccccc2[N+]1(C)C. The lowest BCUT2D eigenvalue weighted by molar-refractivity contribution is 0.262. The fourth-order valence-corrected chi connectivity index (χ4v) is 2.57. The highest BCUT2D eigenvalue weighted by atomic mass is 15.3. The molecule has 14 heavy (non-hydrogen) atoms. The fraction of sp³-hybridized carbons (Fsp3) is 0.538. The molecule has 1 aliphatic heterocycles. The van der Waals surface area contributed by atoms with Crippen LogP contribution >= 0.6 is 0 Å². The van der Waals surface area contributed by atoms with E-state index in [1.807, 2.05) is 0 Å². The molecule has 1 aromatic rings. The van der Waals surface area contributed by atoms with Gasteiger partial charge in [0.15, 0.2) is 0 Å². The average Bonchev–Trinajstić information content (AvgIpc) is 2.16. The summed E-state index contributed by atoms with van der Waals surface area (Å²) in [5.74, 6) is 0.715. The van der Waals surface area contributed by atoms with Crippen molar-refractivity contribution in [2.45, 2.75) is 32.2 Å². The Morgan fingerprint density at radius 2 is 1.79 bits per heavy atom. The molecule has 0 aliphatic carbocycles. The molecule has 0 radical (unpaired) electrons. The number of fused-ring (bicyclic) bond motifs is 1. The molecule has 1 nitrogen and oxygen atoms in total. The van der Waals surface area contributed by atoms with Crippen LogP contribution in [-0.2, 0) is 0 Å². The largest absolute Gasteiger partial charge is 0.294 e. The van der Waals surface area contributed by atoms with Gasteiger partial charge in [-0.25, -0.2) is 0 Å². The minimum Gasteiger partial charge on any atom is -0.294 e. The first kappa shape index (κ1) is 9.72. The summed E-state index contributed by atoms with van der Waals surface area (Å²) in [4.78, 5) is 0. The smallest absolute Gasteiger partial charge is 0.136 e. The number of nitrogens with zero attached hydrogens (tertiary/aromatic N) is 1. The molecule has 2 atom stereocenters. The van der Waals surface area contributed by atoms with Crippen molar-refractivity contribution in [2.75, 3.05) is 14.1 Å². The summed E-state index contributed by atoms with van der Waals surface area (Å²) in [6.45, 7) is 4.70. The maximum Gasteiger partial charge on any atom is 0.136 e. The molecule has 1 aromatic carbocycles. The van der Waals surface area contributed by atoms with E-state index in [2.05, 4.69) is 52.2 Å². The van der Waals surface area contributed by atoms with Crippen LogP contribution in [0.4, 0.5) is 5.69 Å². The lowest BCUT2D eigenvalue weighted by atomic mass is 9.86. The molecular weight excluding hydrogens is 170 g/mol. The van der Waals surface area contributed by atoms with Gasteiger partial charge >= 0.3 is 0 Å². The predicted octanol–water partition coefficient (Wildman–Crippen LogP) is 3.15. The topological polar surface area (TPSA) is 0 Å². The lowest BCUT2D eigenvalue weighted by Gasteiger charge is -2.42. The van der Waals surface area contributed by atoms with E-state index >= 15 is 0 Å². The summed E-state index contributed by atoms with van der Waals surface area (Å²) in [6.07, 6.45) is 1.30. The highest BCUT2D eigenvalue weighted by Gasteiger charge is 2.36. The van der Waals surface area contributed by atoms with Crippen LogP contribution in [0.1, 0.15) is 31.7 Å². The standard InChI is InChI=1S/C13H20N/c1-10-9-11(2)14(3,4)13-8-6-5-7-12(10)13/h5-8,10-11H,9H2,1-4H3/q+1/t10-,11+/m0/s1. The van der Waals surface area contributed by atoms with Crippen LogP contribution in [0, 0.1) is 0 Å². The summed E-state index contributed by atoms with van der Waals surface area (Å²) in [5.41, 5.74) is 3.04. The molecule has 76 valence electrons. The summed E-state index contributed by atoms with van der Waals surface area (Å²) in [5, 5.41) is 0. The minimum atomic E-state index is 0.715. The maximum atomic E-state index is 2.35. The van der Waals surface area contributed by atoms with Gasteiger partial charge in [-0.3, -0.25) is 4.48 Å². The second-order valence-electron chi connectivity index (χ2n) is 5.08. The second-order valence-corrected chi connectivity index (χ2v) is 5.08. The monoisotopic (exact) mass is 190 g/mol. The van der Waals surface area contributed by atoms with Crippen LogP contribution in [-0.4, -0.2) is 20.1 Å². The molecule has 0 aromatic heterocycles. The summed E-state index contributed by atoms with van der Waals surface area (Å²) >= 11 is 0. The molecule has 1 heterocycles. The Hall–Kier alpha value is -0.820. The van der Waals surface area contributed by atoms with Gasteiger partial charge in [0.05, 0.1) is 20.1 Å². The van der Waals surface area contributed by atoms with Crippen molar-refractivity contribution in [3.63, 3.8) is 0 Å². The molecule has 0 spiro atoms. The van der Waals surface area contributed by atoms with Crippen LogP contribution in [0.25, 0.3) is 0 Å². The molecule has 0 unspecified atom stereocenters. The second kappa shape index (κ2) is 3.09. The molecule has 0 amide bonds. The van der Waals surface area contributed by atoms with Gasteiger partial charge in [0, 0.05) is 12.0 Å². The number of hydrogen-bond acceptors (Lipinski definition) is 0. The summed E-state index contributed by atoms with van der Waals surface area (Å²) < 4.78 is 1.03. The van der Waals surface area contributed by atoms with E-state index in [4.69, 9.17) is 0 Å². The Morgan fingerprint density at radius 3 is 2.50 bits per heavy atom. The maximum absolute atomic E-state index is 2.35. The highest BCUT2D eigenvalue weighted by molar-refractivity contribution is 5.53. The Morgan fingerprint density at radius 1 is 1.14 bits per heavy atom. The van der Waals surface area contributed by atoms with Crippen LogP contribution in [0.15, 0.2) is 24.3 Å². The van der Waals surface area contributed by atoms with E-state index in [1.54, 1.807) is 0 Å². The van der Waals surface area contributed by atoms with Crippen LogP contribution < -0.4 is 4.48 Å². The van der Waals surface area contributed by atoms with Gasteiger partial charge in [-0.1, -0.05) is 25.1 Å². The predicted molar refractivity (Wildman–Crippen MR) is 62.6 cm³/mol. The molecule has 0 N–H and O–H groups in total. The molecule has 0 saturated heterocycles. The lowest BCUT2D eigenvalue weighted by Crippen LogP contribution is -2.51. The number of benzene rings is 1. The summed E-state index contributed by atoms with van der Waals surface area (Å²) in [6, 6.07) is 9.60. The van der Waals surface area contributed by atoms with Gasteiger partial charge in [-0.2, -0.15) is 0 Å². The van der Waals surface area contributed by atoms with E-state index in [-0.39, 0.29) is 0 Å². The highest BCUT2D eigenvalue weighted by Crippen LogP contribution is 2.40. The van der Waals surface area contributed by atoms with E-state index in [1.165, 1.54) is 17.7 Å². The normalized spacial score (nSPS) is 29.7. The Labute approximate surface area is 86.9 Å². The number of quaternary nitrogens is 1. The molecule has 2 rings (SSSR count). The van der Waals surface area contributed by atoms with Crippen molar-refractivity contribution in [2.24, 2.45) is 0 Å². The zero-order valence-corrected chi connectivity index (χ0v) is 9.62. The fourth-order valence-electron chi connectivity index (χ4n) is 2.57. The van der Waals surface area contributed by atoms with Crippen molar-refractivity contribution < 1.29 is 0 Å². The first-order valence-corrected chi connectivity index (χ1v) is 5.46. The van der Waals surface area contributed by atoms with Gasteiger partial charge < -0.3 is 0 Å². The van der Waals surface area contributed by atoms with E-state index in [0.29, 0.717) is 5.92 Å². The third-order valence-corrected chi connectivity index (χ3v) is 3.89. The van der Waals surface area contributed by atoms with Crippen molar-refractivity contribution in [3.05, 3.63) is 29.8 Å². The third kappa shape index (κ3) is 1.27. The zero-order chi connectivity index (χ0) is 10.3. The van der Waals surface area contributed by atoms with E-state index in [0.717, 1.165) is 10.5 Å². The zero-order valence-electron chi connectivity index (χ0n) is 9.62. The van der Waals surface area contributed by atoms with Crippen molar-refractivity contribution >= 4 is 5.69 Å². The van der Waals surface area contributed by atoms with Crippen LogP contribution in [0.2, 0.25) is 0 Å². The molecule has 0 saturated carbocycles. The quantitative estimate of drug-likeness (QED) is 0.551.